The van der Waals surface area contributed by atoms with Crippen molar-refractivity contribution in [3.8, 4) is 5.75 Å². The van der Waals surface area contributed by atoms with Crippen LogP contribution in [0.25, 0.3) is 0 Å². The summed E-state index contributed by atoms with van der Waals surface area (Å²) in [6, 6.07) is 23.3. The summed E-state index contributed by atoms with van der Waals surface area (Å²) >= 11 is 0. The van der Waals surface area contributed by atoms with Crippen molar-refractivity contribution in [3.63, 3.8) is 0 Å². The van der Waals surface area contributed by atoms with Gasteiger partial charge in [0, 0.05) is 11.7 Å². The van der Waals surface area contributed by atoms with Crippen molar-refractivity contribution in [3.05, 3.63) is 122 Å². The van der Waals surface area contributed by atoms with E-state index in [1.54, 1.807) is 18.2 Å². The average molecular weight is 416 g/mol. The molecule has 3 N–H and O–H groups in total. The van der Waals surface area contributed by atoms with Crippen molar-refractivity contribution in [1.82, 2.24) is 5.32 Å². The first kappa shape index (κ1) is 20.5. The number of benzene rings is 3. The molecule has 0 bridgehead atoms. The first-order valence-electron chi connectivity index (χ1n) is 9.89. The molecule has 4 rings (SSSR count). The van der Waals surface area contributed by atoms with E-state index in [4.69, 9.17) is 0 Å². The van der Waals surface area contributed by atoms with E-state index in [1.807, 2.05) is 48.5 Å². The Hall–Kier alpha value is -3.77. The first-order valence-corrected chi connectivity index (χ1v) is 9.89. The Balaban J connectivity index is 1.67. The number of aromatic hydroxyl groups is 1. The van der Waals surface area contributed by atoms with Gasteiger partial charge in [0.25, 0.3) is 10.9 Å². The van der Waals surface area contributed by atoms with E-state index in [1.165, 1.54) is 12.1 Å². The average Bonchev–Trinajstić information content (AvgIpc) is 2.81. The molecule has 6 heteroatoms. The lowest BCUT2D eigenvalue weighted by Gasteiger charge is -2.25. The molecular formula is C25H21FN2O3. The van der Waals surface area contributed by atoms with Crippen LogP contribution in [0, 0.1) is 5.82 Å². The highest BCUT2D eigenvalue weighted by Gasteiger charge is 2.21. The smallest absolute Gasteiger partial charge is 0.271 e. The summed E-state index contributed by atoms with van der Waals surface area (Å²) in [7, 11) is 0. The summed E-state index contributed by atoms with van der Waals surface area (Å²) in [4.78, 5) is 22.9. The number of nitrogens with one attached hydrogen (secondary N) is 2. The molecule has 0 spiro atoms. The molecule has 2 atom stereocenters. The van der Waals surface area contributed by atoms with Gasteiger partial charge in [-0.1, -0.05) is 54.6 Å². The Morgan fingerprint density at radius 2 is 1.48 bits per heavy atom. The van der Waals surface area contributed by atoms with Crippen molar-refractivity contribution in [2.75, 3.05) is 5.32 Å². The Morgan fingerprint density at radius 3 is 2.16 bits per heavy atom. The van der Waals surface area contributed by atoms with Crippen LogP contribution in [0.5, 0.6) is 5.75 Å². The van der Waals surface area contributed by atoms with Crippen LogP contribution in [-0.2, 0) is 0 Å². The second-order valence-corrected chi connectivity index (χ2v) is 7.42. The molecule has 0 aliphatic carbocycles. The third-order valence-corrected chi connectivity index (χ3v) is 5.29. The van der Waals surface area contributed by atoms with E-state index < -0.39 is 16.6 Å². The number of rotatable bonds is 7. The molecule has 0 aliphatic heterocycles. The summed E-state index contributed by atoms with van der Waals surface area (Å²) in [6.45, 7) is 2.05. The van der Waals surface area contributed by atoms with Gasteiger partial charge in [0.2, 0.25) is 0 Å². The van der Waals surface area contributed by atoms with Crippen LogP contribution in [0.4, 0.5) is 15.8 Å². The molecule has 156 valence electrons. The van der Waals surface area contributed by atoms with Crippen molar-refractivity contribution in [2.45, 2.75) is 19.0 Å². The van der Waals surface area contributed by atoms with Crippen LogP contribution in [0.15, 0.2) is 88.5 Å². The van der Waals surface area contributed by atoms with Crippen molar-refractivity contribution < 1.29 is 9.50 Å². The molecule has 0 saturated carbocycles. The van der Waals surface area contributed by atoms with Gasteiger partial charge < -0.3 is 10.4 Å². The molecular weight excluding hydrogens is 395 g/mol. The lowest BCUT2D eigenvalue weighted by molar-refractivity contribution is 0.466. The number of hydrogen-bond donors (Lipinski definition) is 3. The number of hydrogen-bond acceptors (Lipinski definition) is 5. The monoisotopic (exact) mass is 416 g/mol. The highest BCUT2D eigenvalue weighted by Crippen LogP contribution is 2.29. The molecule has 0 fully saturated rings. The van der Waals surface area contributed by atoms with Crippen molar-refractivity contribution >= 4 is 11.4 Å². The van der Waals surface area contributed by atoms with Gasteiger partial charge in [0.05, 0.1) is 6.04 Å². The SMILES string of the molecule is CC(NC(c1ccc(F)cc1)c1cccc(Nc2c(O)c(=O)c2=O)c1)c1ccccc1. The minimum Gasteiger partial charge on any atom is -0.502 e. The molecule has 0 aromatic heterocycles. The van der Waals surface area contributed by atoms with Gasteiger partial charge in [-0.15, -0.1) is 0 Å². The lowest BCUT2D eigenvalue weighted by atomic mass is 9.96. The summed E-state index contributed by atoms with van der Waals surface area (Å²) in [5.41, 5.74) is 1.68. The Bertz CT molecular complexity index is 1260. The van der Waals surface area contributed by atoms with Gasteiger partial charge in [-0.05, 0) is 47.9 Å². The van der Waals surface area contributed by atoms with Crippen LogP contribution in [0.3, 0.4) is 0 Å². The molecule has 0 aliphatic rings. The molecule has 0 heterocycles. The topological polar surface area (TPSA) is 78.4 Å². The van der Waals surface area contributed by atoms with E-state index in [2.05, 4.69) is 17.6 Å². The third kappa shape index (κ3) is 4.25. The van der Waals surface area contributed by atoms with Gasteiger partial charge in [-0.2, -0.15) is 0 Å². The molecule has 4 aromatic rings. The molecule has 0 amide bonds. The zero-order valence-electron chi connectivity index (χ0n) is 16.8. The largest absolute Gasteiger partial charge is 0.502 e. The maximum atomic E-state index is 13.5. The minimum atomic E-state index is -0.888. The summed E-state index contributed by atoms with van der Waals surface area (Å²) in [5.74, 6) is -0.870. The van der Waals surface area contributed by atoms with E-state index in [9.17, 15) is 19.1 Å². The summed E-state index contributed by atoms with van der Waals surface area (Å²) < 4.78 is 13.5. The molecule has 0 radical (unpaired) electrons. The van der Waals surface area contributed by atoms with E-state index in [0.29, 0.717) is 5.69 Å². The summed E-state index contributed by atoms with van der Waals surface area (Å²) in [6.07, 6.45) is 0. The highest BCUT2D eigenvalue weighted by atomic mass is 19.1. The molecule has 0 saturated heterocycles. The molecule has 2 unspecified atom stereocenters. The normalized spacial score (nSPS) is 13.1. The highest BCUT2D eigenvalue weighted by molar-refractivity contribution is 5.69. The van der Waals surface area contributed by atoms with E-state index >= 15 is 0 Å². The number of halogens is 1. The van der Waals surface area contributed by atoms with Crippen LogP contribution in [0.2, 0.25) is 0 Å². The van der Waals surface area contributed by atoms with Gasteiger partial charge in [-0.3, -0.25) is 14.9 Å². The lowest BCUT2D eigenvalue weighted by Crippen LogP contribution is -2.32. The van der Waals surface area contributed by atoms with E-state index in [0.717, 1.165) is 16.7 Å². The standard InChI is InChI=1S/C25H21FN2O3/c1-15(16-6-3-2-4-7-16)27-21(17-10-12-19(26)13-11-17)18-8-5-9-20(14-18)28-22-23(29)25(31)24(22)30/h2-15,21,27-29H,1H3. The fourth-order valence-electron chi connectivity index (χ4n) is 3.56. The fourth-order valence-corrected chi connectivity index (χ4v) is 3.56. The van der Waals surface area contributed by atoms with Gasteiger partial charge in [-0.25, -0.2) is 4.39 Å². The maximum Gasteiger partial charge on any atom is 0.271 e. The van der Waals surface area contributed by atoms with Gasteiger partial charge >= 0.3 is 0 Å². The van der Waals surface area contributed by atoms with Crippen molar-refractivity contribution in [2.24, 2.45) is 0 Å². The van der Waals surface area contributed by atoms with E-state index in [-0.39, 0.29) is 23.6 Å². The van der Waals surface area contributed by atoms with Gasteiger partial charge in [0.1, 0.15) is 11.5 Å². The van der Waals surface area contributed by atoms with Crippen LogP contribution in [-0.4, -0.2) is 5.11 Å². The van der Waals surface area contributed by atoms with Gasteiger partial charge in [0.15, 0.2) is 5.75 Å². The Labute approximate surface area is 178 Å². The summed E-state index contributed by atoms with van der Waals surface area (Å²) in [5, 5.41) is 16.0. The Kier molecular flexibility index (Phi) is 5.64. The second-order valence-electron chi connectivity index (χ2n) is 7.42. The Morgan fingerprint density at radius 1 is 0.806 bits per heavy atom. The molecule has 4 aromatic carbocycles. The molecule has 5 nitrogen and oxygen atoms in total. The maximum absolute atomic E-state index is 13.5. The van der Waals surface area contributed by atoms with Crippen LogP contribution >= 0.6 is 0 Å². The minimum absolute atomic E-state index is 0.00505. The van der Waals surface area contributed by atoms with Crippen molar-refractivity contribution in [1.29, 1.82) is 0 Å². The zero-order chi connectivity index (χ0) is 22.0. The predicted octanol–water partition coefficient (Wildman–Crippen LogP) is 4.31. The number of anilines is 2. The predicted molar refractivity (Wildman–Crippen MR) is 119 cm³/mol. The zero-order valence-corrected chi connectivity index (χ0v) is 16.8. The van der Waals surface area contributed by atoms with Crippen LogP contribution in [0.1, 0.15) is 35.7 Å². The fraction of sp³-hybridized carbons (Fsp3) is 0.120. The van der Waals surface area contributed by atoms with Crippen LogP contribution < -0.4 is 21.5 Å². The third-order valence-electron chi connectivity index (χ3n) is 5.29. The quantitative estimate of drug-likeness (QED) is 0.391. The second kappa shape index (κ2) is 8.53. The first-order chi connectivity index (χ1) is 14.9. The molecule has 31 heavy (non-hydrogen) atoms.